The molecule has 1 aromatic rings. The lowest BCUT2D eigenvalue weighted by Crippen LogP contribution is -2.60. The lowest BCUT2D eigenvalue weighted by molar-refractivity contribution is -0.199. The summed E-state index contributed by atoms with van der Waals surface area (Å²) in [7, 11) is 6.73. The van der Waals surface area contributed by atoms with Gasteiger partial charge >= 0.3 is 0 Å². The van der Waals surface area contributed by atoms with E-state index in [9.17, 15) is 29.1 Å². The number of nitrogens with one attached hydrogen (secondary N) is 2. The smallest absolute Gasteiger partial charge is 0.269 e. The van der Waals surface area contributed by atoms with Crippen molar-refractivity contribution in [1.29, 1.82) is 0 Å². The molecule has 5 amide bonds. The number of aliphatic hydroxyl groups excluding tert-OH is 1. The minimum atomic E-state index is -0.852. The Kier molecular flexibility index (Phi) is 21.1. The maximum atomic E-state index is 14.4. The van der Waals surface area contributed by atoms with Crippen molar-refractivity contribution in [1.82, 2.24) is 30.4 Å². The van der Waals surface area contributed by atoms with Crippen molar-refractivity contribution < 1.29 is 43.4 Å². The van der Waals surface area contributed by atoms with Crippen molar-refractivity contribution in [3.8, 4) is 0 Å². The quantitative estimate of drug-likeness (QED) is 0.148. The van der Waals surface area contributed by atoms with Crippen LogP contribution < -0.4 is 10.6 Å². The van der Waals surface area contributed by atoms with Crippen molar-refractivity contribution in [2.75, 3.05) is 61.2 Å². The number of carbonyl (C=O) groups excluding carboxylic acids is 5. The summed E-state index contributed by atoms with van der Waals surface area (Å²) in [4.78, 5) is 80.9. The first-order valence-electron chi connectivity index (χ1n) is 22.0. The van der Waals surface area contributed by atoms with Gasteiger partial charge in [-0.15, -0.1) is 0 Å². The zero-order valence-corrected chi connectivity index (χ0v) is 38.2. The molecule has 60 heavy (non-hydrogen) atoms. The molecular weight excluding hydrogens is 769 g/mol. The second-order valence-electron chi connectivity index (χ2n) is 17.5. The van der Waals surface area contributed by atoms with Gasteiger partial charge in [-0.3, -0.25) is 43.9 Å². The number of hydrogen-bond donors (Lipinski definition) is 3. The Labute approximate surface area is 359 Å². The number of rotatable bonds is 23. The molecule has 2 fully saturated rings. The SMILES string of the molecule is CC[C@H](C)[C@@H]([C@@H](CC(=O)N1CCC[C@H]1[C@H](OC)[C@@H](C)C(=O)N[C@@H](Cc1ccccc1)C(=O)N1CCCCO1)OC)N(C)[C@H](C(=O)NC(=O)[C@H](C(C)C)N(C)CCO)C(C)C. The molecule has 3 N–H and O–H groups in total. The summed E-state index contributed by atoms with van der Waals surface area (Å²) in [6.45, 7) is 15.1. The standard InChI is InChI=1S/C45H76N6O9/c1-12-31(6)40(49(9)39(30(4)5)44(56)47-43(55)38(29(2)3)48(8)24-25-52)36(58-10)28-37(53)50-22-18-21-35(50)41(59-11)32(7)42(54)46-34(27-33-19-14-13-15-20-33)45(57)51-23-16-17-26-60-51/h13-15,19-20,29-32,34-36,38-41,52H,12,16-18,21-28H2,1-11H3,(H,46,54)(H,47,55,56)/t31-,32+,34-,35-,36+,38-,39-,40-,41+/m0/s1. The van der Waals surface area contributed by atoms with Gasteiger partial charge in [-0.2, -0.15) is 0 Å². The number of benzene rings is 1. The first-order valence-corrected chi connectivity index (χ1v) is 22.0. The monoisotopic (exact) mass is 845 g/mol. The summed E-state index contributed by atoms with van der Waals surface area (Å²) < 4.78 is 12.1. The van der Waals surface area contributed by atoms with Gasteiger partial charge in [0, 0.05) is 46.3 Å². The molecule has 0 spiro atoms. The van der Waals surface area contributed by atoms with E-state index in [0.717, 1.165) is 31.2 Å². The van der Waals surface area contributed by atoms with Crippen LogP contribution in [0.15, 0.2) is 30.3 Å². The number of imide groups is 1. The molecule has 0 bridgehead atoms. The molecule has 0 aromatic heterocycles. The molecule has 2 aliphatic heterocycles. The van der Waals surface area contributed by atoms with Gasteiger partial charge in [-0.1, -0.05) is 85.2 Å². The number of ether oxygens (including phenoxy) is 2. The van der Waals surface area contributed by atoms with E-state index in [2.05, 4.69) is 24.5 Å². The summed E-state index contributed by atoms with van der Waals surface area (Å²) in [5.74, 6) is -2.64. The molecule has 2 saturated heterocycles. The molecule has 0 radical (unpaired) electrons. The van der Waals surface area contributed by atoms with Gasteiger partial charge in [0.05, 0.1) is 55.9 Å². The fourth-order valence-corrected chi connectivity index (χ4v) is 9.21. The number of hydroxylamine groups is 2. The van der Waals surface area contributed by atoms with Crippen LogP contribution in [0.2, 0.25) is 0 Å². The van der Waals surface area contributed by atoms with Crippen LogP contribution in [0.4, 0.5) is 0 Å². The van der Waals surface area contributed by atoms with E-state index in [-0.39, 0.29) is 61.1 Å². The van der Waals surface area contributed by atoms with Crippen LogP contribution in [0.25, 0.3) is 0 Å². The minimum Gasteiger partial charge on any atom is -0.395 e. The predicted octanol–water partition coefficient (Wildman–Crippen LogP) is 3.28. The normalized spacial score (nSPS) is 20.1. The number of carbonyl (C=O) groups is 5. The highest BCUT2D eigenvalue weighted by atomic mass is 16.7. The molecule has 2 heterocycles. The maximum Gasteiger partial charge on any atom is 0.269 e. The summed E-state index contributed by atoms with van der Waals surface area (Å²) in [5, 5.41) is 16.6. The number of aliphatic hydroxyl groups is 1. The fourth-order valence-electron chi connectivity index (χ4n) is 9.21. The highest BCUT2D eigenvalue weighted by Gasteiger charge is 2.44. The van der Waals surface area contributed by atoms with Gasteiger partial charge in [0.15, 0.2) is 0 Å². The van der Waals surface area contributed by atoms with Crippen LogP contribution in [0.1, 0.15) is 92.6 Å². The summed E-state index contributed by atoms with van der Waals surface area (Å²) in [6, 6.07) is 6.60. The maximum absolute atomic E-state index is 14.4. The summed E-state index contributed by atoms with van der Waals surface area (Å²) in [5.41, 5.74) is 0.904. The number of likely N-dealkylation sites (tertiary alicyclic amines) is 1. The highest BCUT2D eigenvalue weighted by molar-refractivity contribution is 6.00. The van der Waals surface area contributed by atoms with Gasteiger partial charge in [-0.05, 0) is 63.1 Å². The Balaban J connectivity index is 1.81. The number of amides is 5. The molecule has 340 valence electrons. The summed E-state index contributed by atoms with van der Waals surface area (Å²) in [6.07, 6.45) is 2.87. The van der Waals surface area contributed by atoms with Crippen LogP contribution in [-0.2, 0) is 44.7 Å². The van der Waals surface area contributed by atoms with E-state index in [1.54, 1.807) is 38.0 Å². The van der Waals surface area contributed by atoms with Crippen LogP contribution >= 0.6 is 0 Å². The van der Waals surface area contributed by atoms with E-state index in [1.165, 1.54) is 5.06 Å². The number of likely N-dealkylation sites (N-methyl/N-ethyl adjacent to an activating group) is 2. The number of methoxy groups -OCH3 is 2. The second-order valence-corrected chi connectivity index (χ2v) is 17.5. The van der Waals surface area contributed by atoms with Crippen LogP contribution in [0, 0.1) is 23.7 Å². The topological polar surface area (TPSA) is 170 Å². The molecule has 3 rings (SSSR count). The third kappa shape index (κ3) is 13.5. The van der Waals surface area contributed by atoms with Crippen LogP contribution in [0.5, 0.6) is 0 Å². The van der Waals surface area contributed by atoms with E-state index < -0.39 is 54.1 Å². The zero-order chi connectivity index (χ0) is 44.7. The van der Waals surface area contributed by atoms with Gasteiger partial charge < -0.3 is 24.8 Å². The second kappa shape index (κ2) is 24.8. The largest absolute Gasteiger partial charge is 0.395 e. The molecule has 0 aliphatic carbocycles. The van der Waals surface area contributed by atoms with Crippen molar-refractivity contribution in [3.63, 3.8) is 0 Å². The Morgan fingerprint density at radius 1 is 0.883 bits per heavy atom. The third-order valence-corrected chi connectivity index (χ3v) is 12.5. The first kappa shape index (κ1) is 50.9. The average molecular weight is 845 g/mol. The molecule has 9 atom stereocenters. The number of hydrogen-bond acceptors (Lipinski definition) is 11. The van der Waals surface area contributed by atoms with Gasteiger partial charge in [0.1, 0.15) is 6.04 Å². The van der Waals surface area contributed by atoms with Crippen LogP contribution in [-0.4, -0.2) is 158 Å². The van der Waals surface area contributed by atoms with Crippen molar-refractivity contribution in [2.24, 2.45) is 23.7 Å². The molecule has 15 heteroatoms. The first-order chi connectivity index (χ1) is 28.5. The predicted molar refractivity (Wildman–Crippen MR) is 230 cm³/mol. The molecule has 2 aliphatic rings. The third-order valence-electron chi connectivity index (χ3n) is 12.5. The molecular formula is C45H76N6O9. The minimum absolute atomic E-state index is 0.00305. The molecule has 15 nitrogen and oxygen atoms in total. The average Bonchev–Trinajstić information content (AvgIpc) is 3.70. The molecule has 0 saturated carbocycles. The van der Waals surface area contributed by atoms with Crippen molar-refractivity contribution >= 4 is 29.5 Å². The Hall–Kier alpha value is -3.47. The van der Waals surface area contributed by atoms with Crippen molar-refractivity contribution in [3.05, 3.63) is 35.9 Å². The van der Waals surface area contributed by atoms with Crippen molar-refractivity contribution in [2.45, 2.75) is 136 Å². The Morgan fingerprint density at radius 3 is 2.08 bits per heavy atom. The van der Waals surface area contributed by atoms with Gasteiger partial charge in [0.2, 0.25) is 23.6 Å². The fraction of sp³-hybridized carbons (Fsp3) is 0.756. The van der Waals surface area contributed by atoms with E-state index in [4.69, 9.17) is 14.3 Å². The van der Waals surface area contributed by atoms with Crippen LogP contribution in [0.3, 0.4) is 0 Å². The van der Waals surface area contributed by atoms with Gasteiger partial charge in [0.25, 0.3) is 5.91 Å². The lowest BCUT2D eigenvalue weighted by atomic mass is 9.87. The van der Waals surface area contributed by atoms with E-state index in [1.807, 2.05) is 70.0 Å². The van der Waals surface area contributed by atoms with E-state index in [0.29, 0.717) is 32.5 Å². The van der Waals surface area contributed by atoms with Gasteiger partial charge in [-0.25, -0.2) is 5.06 Å². The highest BCUT2D eigenvalue weighted by Crippen LogP contribution is 2.31. The number of nitrogens with zero attached hydrogens (tertiary/aromatic N) is 4. The molecule has 1 aromatic carbocycles. The Morgan fingerprint density at radius 2 is 1.53 bits per heavy atom. The lowest BCUT2D eigenvalue weighted by Gasteiger charge is -2.43. The zero-order valence-electron chi connectivity index (χ0n) is 38.2. The van der Waals surface area contributed by atoms with E-state index >= 15 is 0 Å². The Bertz CT molecular complexity index is 1510. The molecule has 0 unspecified atom stereocenters. The summed E-state index contributed by atoms with van der Waals surface area (Å²) >= 11 is 0.